The van der Waals surface area contributed by atoms with Gasteiger partial charge in [0.2, 0.25) is 0 Å². The summed E-state index contributed by atoms with van der Waals surface area (Å²) >= 11 is 0. The fourth-order valence-corrected chi connectivity index (χ4v) is 17.4. The topological polar surface area (TPSA) is 124 Å². The molecular weight excluding hydrogens is 1430 g/mol. The van der Waals surface area contributed by atoms with Crippen molar-refractivity contribution in [3.05, 3.63) is 24.3 Å². The molecule has 0 aliphatic heterocycles. The average molecular weight is 1640 g/mol. The summed E-state index contributed by atoms with van der Waals surface area (Å²) in [7, 11) is 0. The number of anilines is 2. The zero-order valence-corrected chi connectivity index (χ0v) is 79.0. The Bertz CT molecular complexity index is 1700. The second-order valence-electron chi connectivity index (χ2n) is 37.1. The standard InChI is InChI=1S/C106H208N2O8/c1-5-9-13-17-21-25-29-33-37-41-45-49-53-57-61-65-69-73-77-81-89-113-97-103(109)93-107(94-104(110)98-114-90-82-78-74-70-66-62-58-54-50-46-42-38-34-30-26-22-18-14-10-6-2)101-85-87-102(88-86-101)108(95-105(111)99-115-91-83-79-75-71-67-63-59-55-51-47-43-39-35-31-27-23-19-15-11-7-3)96-106(112)100-116-92-84-80-76-72-68-64-60-56-52-48-44-40-36-32-28-24-20-16-12-8-4/h85-88,103-106,109-112H,5-84,89-100H2,1-4H3. The van der Waals surface area contributed by atoms with E-state index in [-0.39, 0.29) is 26.4 Å². The number of aliphatic hydroxyl groups excluding tert-OH is 4. The van der Waals surface area contributed by atoms with Crippen molar-refractivity contribution in [3.63, 3.8) is 0 Å². The van der Waals surface area contributed by atoms with Gasteiger partial charge < -0.3 is 49.2 Å². The van der Waals surface area contributed by atoms with Crippen LogP contribution in [0.4, 0.5) is 11.4 Å². The van der Waals surface area contributed by atoms with Crippen molar-refractivity contribution in [3.8, 4) is 0 Å². The number of aliphatic hydroxyl groups is 4. The first-order valence-electron chi connectivity index (χ1n) is 53.0. The molecule has 0 spiro atoms. The van der Waals surface area contributed by atoms with Crippen LogP contribution in [0.15, 0.2) is 24.3 Å². The molecule has 0 saturated carbocycles. The summed E-state index contributed by atoms with van der Waals surface area (Å²) in [6, 6.07) is 8.20. The number of ether oxygens (including phenoxy) is 4. The molecule has 116 heavy (non-hydrogen) atoms. The van der Waals surface area contributed by atoms with Gasteiger partial charge in [-0.1, -0.05) is 516 Å². The molecule has 10 heteroatoms. The molecule has 0 aliphatic rings. The van der Waals surface area contributed by atoms with Crippen LogP contribution in [0.5, 0.6) is 0 Å². The van der Waals surface area contributed by atoms with Crippen molar-refractivity contribution in [2.75, 3.05) is 88.8 Å². The molecule has 1 aromatic carbocycles. The van der Waals surface area contributed by atoms with Gasteiger partial charge in [0, 0.05) is 64.0 Å². The Morgan fingerprint density at radius 2 is 0.276 bits per heavy atom. The zero-order valence-electron chi connectivity index (χ0n) is 79.0. The summed E-state index contributed by atoms with van der Waals surface area (Å²) in [5.41, 5.74) is 1.76. The lowest BCUT2D eigenvalue weighted by Gasteiger charge is -2.32. The van der Waals surface area contributed by atoms with E-state index in [9.17, 15) is 20.4 Å². The predicted molar refractivity (Wildman–Crippen MR) is 510 cm³/mol. The van der Waals surface area contributed by atoms with E-state index in [0.29, 0.717) is 52.6 Å². The van der Waals surface area contributed by atoms with Crippen molar-refractivity contribution in [1.29, 1.82) is 0 Å². The second-order valence-corrected chi connectivity index (χ2v) is 37.1. The smallest absolute Gasteiger partial charge is 0.0948 e. The third-order valence-corrected chi connectivity index (χ3v) is 25.1. The van der Waals surface area contributed by atoms with Crippen LogP contribution >= 0.6 is 0 Å². The quantitative estimate of drug-likeness (QED) is 0.0469. The Morgan fingerprint density at radius 3 is 0.388 bits per heavy atom. The summed E-state index contributed by atoms with van der Waals surface area (Å²) < 4.78 is 24.5. The highest BCUT2D eigenvalue weighted by Gasteiger charge is 2.21. The molecule has 4 N–H and O–H groups in total. The Labute approximate surface area is 725 Å². The van der Waals surface area contributed by atoms with Gasteiger partial charge in [0.25, 0.3) is 0 Å². The number of nitrogens with zero attached hydrogens (tertiary/aromatic N) is 2. The molecule has 0 radical (unpaired) electrons. The van der Waals surface area contributed by atoms with Crippen LogP contribution in [0, 0.1) is 0 Å². The van der Waals surface area contributed by atoms with E-state index in [0.717, 1.165) is 62.7 Å². The van der Waals surface area contributed by atoms with Gasteiger partial charge in [-0.15, -0.1) is 0 Å². The van der Waals surface area contributed by atoms with Gasteiger partial charge in [0.05, 0.1) is 50.8 Å². The minimum atomic E-state index is -0.739. The zero-order chi connectivity index (χ0) is 83.3. The van der Waals surface area contributed by atoms with Crippen LogP contribution in [0.1, 0.15) is 541 Å². The monoisotopic (exact) mass is 1640 g/mol. The Morgan fingerprint density at radius 1 is 0.172 bits per heavy atom. The van der Waals surface area contributed by atoms with E-state index >= 15 is 0 Å². The maximum atomic E-state index is 11.6. The molecule has 0 aliphatic carbocycles. The molecule has 1 aromatic rings. The summed E-state index contributed by atoms with van der Waals surface area (Å²) in [4.78, 5) is 4.14. The van der Waals surface area contributed by atoms with Crippen LogP contribution < -0.4 is 9.80 Å². The largest absolute Gasteiger partial charge is 0.389 e. The van der Waals surface area contributed by atoms with Gasteiger partial charge in [-0.3, -0.25) is 0 Å². The highest BCUT2D eigenvalue weighted by Crippen LogP contribution is 2.26. The van der Waals surface area contributed by atoms with Gasteiger partial charge in [-0.25, -0.2) is 0 Å². The highest BCUT2D eigenvalue weighted by molar-refractivity contribution is 5.57. The average Bonchev–Trinajstić information content (AvgIpc) is 0.841. The Balaban J connectivity index is 2.80. The number of benzene rings is 1. The lowest BCUT2D eigenvalue weighted by Crippen LogP contribution is -2.42. The maximum absolute atomic E-state index is 11.6. The Kier molecular flexibility index (Phi) is 92.8. The first-order chi connectivity index (χ1) is 57.3. The summed E-state index contributed by atoms with van der Waals surface area (Å²) in [6.07, 6.45) is 106. The summed E-state index contributed by atoms with van der Waals surface area (Å²) in [5.74, 6) is 0. The van der Waals surface area contributed by atoms with Crippen LogP contribution in [0.2, 0.25) is 0 Å². The number of hydrogen-bond acceptors (Lipinski definition) is 10. The molecule has 690 valence electrons. The molecule has 10 nitrogen and oxygen atoms in total. The van der Waals surface area contributed by atoms with E-state index < -0.39 is 24.4 Å². The molecule has 0 fully saturated rings. The first-order valence-corrected chi connectivity index (χ1v) is 53.0. The van der Waals surface area contributed by atoms with Crippen molar-refractivity contribution in [2.24, 2.45) is 0 Å². The number of rotatable bonds is 102. The third kappa shape index (κ3) is 84.7. The van der Waals surface area contributed by atoms with Gasteiger partial charge in [0.1, 0.15) is 0 Å². The van der Waals surface area contributed by atoms with Crippen molar-refractivity contribution >= 4 is 11.4 Å². The molecule has 0 heterocycles. The summed E-state index contributed by atoms with van der Waals surface area (Å²) in [5, 5.41) is 46.3. The van der Waals surface area contributed by atoms with Crippen molar-refractivity contribution in [1.82, 2.24) is 0 Å². The SMILES string of the molecule is CCCCCCCCCCCCCCCCCCCCCCOCC(O)CN(CC(O)COCCCCCCCCCCCCCCCCCCCCCC)c1ccc(N(CC(O)COCCCCCCCCCCCCCCCCCCCCCC)CC(O)COCCCCCCCCCCCCCCCCCCCCCC)cc1. The molecule has 0 saturated heterocycles. The fourth-order valence-electron chi connectivity index (χ4n) is 17.4. The van der Waals surface area contributed by atoms with E-state index in [1.807, 2.05) is 24.3 Å². The van der Waals surface area contributed by atoms with Gasteiger partial charge in [-0.05, 0) is 49.9 Å². The molecular formula is C106H208N2O8. The molecule has 1 rings (SSSR count). The first kappa shape index (κ1) is 113. The fraction of sp³-hybridized carbons (Fsp3) is 0.943. The number of unbranched alkanes of at least 4 members (excludes halogenated alkanes) is 76. The third-order valence-electron chi connectivity index (χ3n) is 25.1. The Hall–Kier alpha value is -1.50. The van der Waals surface area contributed by atoms with E-state index in [1.165, 1.54) is 462 Å². The van der Waals surface area contributed by atoms with E-state index in [2.05, 4.69) is 37.5 Å². The van der Waals surface area contributed by atoms with Gasteiger partial charge in [-0.2, -0.15) is 0 Å². The molecule has 0 amide bonds. The van der Waals surface area contributed by atoms with Gasteiger partial charge in [0.15, 0.2) is 0 Å². The van der Waals surface area contributed by atoms with Crippen LogP contribution in [0.25, 0.3) is 0 Å². The lowest BCUT2D eigenvalue weighted by atomic mass is 10.0. The van der Waals surface area contributed by atoms with Crippen LogP contribution in [0.3, 0.4) is 0 Å². The minimum Gasteiger partial charge on any atom is -0.389 e. The van der Waals surface area contributed by atoms with E-state index in [1.54, 1.807) is 0 Å². The van der Waals surface area contributed by atoms with Crippen LogP contribution in [-0.2, 0) is 18.9 Å². The number of hydrogen-bond donors (Lipinski definition) is 4. The second kappa shape index (κ2) is 95.7. The minimum absolute atomic E-state index is 0.243. The lowest BCUT2D eigenvalue weighted by molar-refractivity contribution is 0.0282. The predicted octanol–water partition coefficient (Wildman–Crippen LogP) is 32.1. The van der Waals surface area contributed by atoms with Crippen molar-refractivity contribution < 1.29 is 39.4 Å². The summed E-state index contributed by atoms with van der Waals surface area (Å²) in [6.45, 7) is 14.0. The maximum Gasteiger partial charge on any atom is 0.0948 e. The molecule has 4 atom stereocenters. The van der Waals surface area contributed by atoms with E-state index in [4.69, 9.17) is 18.9 Å². The normalized spacial score (nSPS) is 12.9. The van der Waals surface area contributed by atoms with Gasteiger partial charge >= 0.3 is 0 Å². The molecule has 0 bridgehead atoms. The highest BCUT2D eigenvalue weighted by atomic mass is 16.5. The molecule has 0 aromatic heterocycles. The molecule has 4 unspecified atom stereocenters. The van der Waals surface area contributed by atoms with Crippen molar-refractivity contribution in [2.45, 2.75) is 566 Å². The van der Waals surface area contributed by atoms with Crippen LogP contribution in [-0.4, -0.2) is 124 Å².